The van der Waals surface area contributed by atoms with Crippen LogP contribution in [0.25, 0.3) is 0 Å². The summed E-state index contributed by atoms with van der Waals surface area (Å²) < 4.78 is 1.46. The minimum atomic E-state index is -0.216. The third-order valence-corrected chi connectivity index (χ3v) is 4.62. The van der Waals surface area contributed by atoms with E-state index in [2.05, 4.69) is 12.0 Å². The fourth-order valence-electron chi connectivity index (χ4n) is 2.74. The second kappa shape index (κ2) is 7.98. The van der Waals surface area contributed by atoms with Gasteiger partial charge in [-0.05, 0) is 50.5 Å². The first-order valence-corrected chi connectivity index (χ1v) is 8.76. The predicted octanol–water partition coefficient (Wildman–Crippen LogP) is 5.62. The lowest BCUT2D eigenvalue weighted by molar-refractivity contribution is 0.0942. The Kier molecular flexibility index (Phi) is 6.25. The van der Waals surface area contributed by atoms with Crippen molar-refractivity contribution in [1.29, 1.82) is 0 Å². The largest absolute Gasteiger partial charge is 0.279 e. The molecule has 3 nitrogen and oxygen atoms in total. The van der Waals surface area contributed by atoms with Crippen LogP contribution >= 0.6 is 23.2 Å². The Hall–Kier alpha value is -1.32. The number of hydrogen-bond donors (Lipinski definition) is 0. The normalized spacial score (nSPS) is 11.0. The lowest BCUT2D eigenvalue weighted by Gasteiger charge is -2.06. The first-order chi connectivity index (χ1) is 11.0. The van der Waals surface area contributed by atoms with E-state index in [1.165, 1.54) is 29.5 Å². The SMILES string of the molecule is CCCCCCc1c(C)nn(C(=O)c2ccc(Cl)cc2Cl)c1C. The Labute approximate surface area is 147 Å². The minimum Gasteiger partial charge on any atom is -0.267 e. The summed E-state index contributed by atoms with van der Waals surface area (Å²) in [6.07, 6.45) is 5.74. The van der Waals surface area contributed by atoms with E-state index in [4.69, 9.17) is 23.2 Å². The monoisotopic (exact) mass is 352 g/mol. The van der Waals surface area contributed by atoms with Crippen molar-refractivity contribution in [1.82, 2.24) is 9.78 Å². The van der Waals surface area contributed by atoms with Crippen LogP contribution in [0.4, 0.5) is 0 Å². The van der Waals surface area contributed by atoms with Crippen LogP contribution in [0.1, 0.15) is 59.9 Å². The van der Waals surface area contributed by atoms with Crippen molar-refractivity contribution in [2.45, 2.75) is 52.9 Å². The van der Waals surface area contributed by atoms with Crippen LogP contribution < -0.4 is 0 Å². The number of rotatable bonds is 6. The molecule has 1 aromatic carbocycles. The number of benzene rings is 1. The summed E-state index contributed by atoms with van der Waals surface area (Å²) in [6.45, 7) is 6.09. The molecule has 0 saturated carbocycles. The molecule has 2 aromatic rings. The van der Waals surface area contributed by atoms with Crippen LogP contribution in [-0.2, 0) is 6.42 Å². The van der Waals surface area contributed by atoms with E-state index in [0.29, 0.717) is 15.6 Å². The Morgan fingerprint density at radius 1 is 1.17 bits per heavy atom. The first-order valence-electron chi connectivity index (χ1n) is 8.00. The Morgan fingerprint density at radius 3 is 2.57 bits per heavy atom. The number of aryl methyl sites for hydroxylation is 1. The molecule has 0 aliphatic rings. The van der Waals surface area contributed by atoms with E-state index in [0.717, 1.165) is 24.2 Å². The number of nitrogens with zero attached hydrogens (tertiary/aromatic N) is 2. The van der Waals surface area contributed by atoms with Gasteiger partial charge in [0.25, 0.3) is 5.91 Å². The van der Waals surface area contributed by atoms with Crippen molar-refractivity contribution < 1.29 is 4.79 Å². The van der Waals surface area contributed by atoms with Crippen molar-refractivity contribution in [2.75, 3.05) is 0 Å². The fraction of sp³-hybridized carbons (Fsp3) is 0.444. The highest BCUT2D eigenvalue weighted by Crippen LogP contribution is 2.24. The standard InChI is InChI=1S/C18H22Cl2N2O/c1-4-5-6-7-8-15-12(2)21-22(13(15)3)18(23)16-10-9-14(19)11-17(16)20/h9-11H,4-8H2,1-3H3. The maximum atomic E-state index is 12.7. The molecule has 124 valence electrons. The van der Waals surface area contributed by atoms with Gasteiger partial charge in [-0.25, -0.2) is 4.68 Å². The van der Waals surface area contributed by atoms with Crippen molar-refractivity contribution >= 4 is 29.1 Å². The molecule has 0 radical (unpaired) electrons. The predicted molar refractivity (Wildman–Crippen MR) is 95.7 cm³/mol. The summed E-state index contributed by atoms with van der Waals surface area (Å²) in [5.74, 6) is -0.216. The van der Waals surface area contributed by atoms with Gasteiger partial charge < -0.3 is 0 Å². The molecular formula is C18H22Cl2N2O. The highest BCUT2D eigenvalue weighted by molar-refractivity contribution is 6.36. The molecule has 0 amide bonds. The van der Waals surface area contributed by atoms with Gasteiger partial charge in [-0.1, -0.05) is 49.4 Å². The summed E-state index contributed by atoms with van der Waals surface area (Å²) in [6, 6.07) is 4.89. The molecule has 0 spiro atoms. The third-order valence-electron chi connectivity index (χ3n) is 4.08. The van der Waals surface area contributed by atoms with Crippen LogP contribution in [0.3, 0.4) is 0 Å². The van der Waals surface area contributed by atoms with Crippen LogP contribution in [0, 0.1) is 13.8 Å². The number of carbonyl (C=O) groups is 1. The molecule has 23 heavy (non-hydrogen) atoms. The molecule has 2 rings (SSSR count). The Balaban J connectivity index is 2.24. The summed E-state index contributed by atoms with van der Waals surface area (Å²) in [7, 11) is 0. The minimum absolute atomic E-state index is 0.216. The fourth-order valence-corrected chi connectivity index (χ4v) is 3.23. The second-order valence-corrected chi connectivity index (χ2v) is 6.64. The molecule has 0 fully saturated rings. The van der Waals surface area contributed by atoms with Gasteiger partial charge in [0, 0.05) is 10.7 Å². The van der Waals surface area contributed by atoms with Gasteiger partial charge in [0.05, 0.1) is 16.3 Å². The van der Waals surface area contributed by atoms with Gasteiger partial charge in [-0.2, -0.15) is 5.10 Å². The summed E-state index contributed by atoms with van der Waals surface area (Å²) in [5.41, 5.74) is 3.39. The smallest absolute Gasteiger partial charge is 0.267 e. The number of hydrogen-bond acceptors (Lipinski definition) is 2. The molecule has 0 atom stereocenters. The molecule has 5 heteroatoms. The second-order valence-electron chi connectivity index (χ2n) is 5.80. The average Bonchev–Trinajstić information content (AvgIpc) is 2.78. The quantitative estimate of drug-likeness (QED) is 0.632. The summed E-state index contributed by atoms with van der Waals surface area (Å²) >= 11 is 12.0. The first kappa shape index (κ1) is 18.0. The summed E-state index contributed by atoms with van der Waals surface area (Å²) in [5, 5.41) is 5.28. The van der Waals surface area contributed by atoms with Crippen molar-refractivity contribution in [3.05, 3.63) is 50.8 Å². The van der Waals surface area contributed by atoms with Gasteiger partial charge in [-0.15, -0.1) is 0 Å². The van der Waals surface area contributed by atoms with Crippen molar-refractivity contribution in [3.8, 4) is 0 Å². The lowest BCUT2D eigenvalue weighted by atomic mass is 10.0. The zero-order chi connectivity index (χ0) is 17.0. The molecule has 0 aliphatic heterocycles. The van der Waals surface area contributed by atoms with E-state index in [9.17, 15) is 4.79 Å². The topological polar surface area (TPSA) is 34.9 Å². The zero-order valence-corrected chi connectivity index (χ0v) is 15.3. The van der Waals surface area contributed by atoms with Crippen LogP contribution in [0.2, 0.25) is 10.0 Å². The third kappa shape index (κ3) is 4.15. The zero-order valence-electron chi connectivity index (χ0n) is 13.8. The van der Waals surface area contributed by atoms with Gasteiger partial charge >= 0.3 is 0 Å². The van der Waals surface area contributed by atoms with Crippen LogP contribution in [0.15, 0.2) is 18.2 Å². The highest BCUT2D eigenvalue weighted by Gasteiger charge is 2.19. The number of carbonyl (C=O) groups excluding carboxylic acids is 1. The molecule has 1 heterocycles. The molecule has 1 aromatic heterocycles. The molecule has 0 saturated heterocycles. The van der Waals surface area contributed by atoms with Gasteiger partial charge in [-0.3, -0.25) is 4.79 Å². The maximum absolute atomic E-state index is 12.7. The average molecular weight is 353 g/mol. The van der Waals surface area contributed by atoms with E-state index in [1.54, 1.807) is 18.2 Å². The Bertz CT molecular complexity index is 707. The van der Waals surface area contributed by atoms with E-state index < -0.39 is 0 Å². The summed E-state index contributed by atoms with van der Waals surface area (Å²) in [4.78, 5) is 12.7. The van der Waals surface area contributed by atoms with E-state index >= 15 is 0 Å². The molecular weight excluding hydrogens is 331 g/mol. The molecule has 0 bridgehead atoms. The molecule has 0 N–H and O–H groups in total. The van der Waals surface area contributed by atoms with Crippen molar-refractivity contribution in [2.24, 2.45) is 0 Å². The number of unbranched alkanes of at least 4 members (excludes halogenated alkanes) is 3. The van der Waals surface area contributed by atoms with Gasteiger partial charge in [0.1, 0.15) is 0 Å². The maximum Gasteiger partial charge on any atom is 0.279 e. The van der Waals surface area contributed by atoms with Crippen LogP contribution in [0.5, 0.6) is 0 Å². The number of aromatic nitrogens is 2. The van der Waals surface area contributed by atoms with E-state index in [1.807, 2.05) is 13.8 Å². The Morgan fingerprint density at radius 2 is 1.91 bits per heavy atom. The molecule has 0 unspecified atom stereocenters. The van der Waals surface area contributed by atoms with E-state index in [-0.39, 0.29) is 5.91 Å². The highest BCUT2D eigenvalue weighted by atomic mass is 35.5. The van der Waals surface area contributed by atoms with Crippen molar-refractivity contribution in [3.63, 3.8) is 0 Å². The number of halogens is 2. The lowest BCUT2D eigenvalue weighted by Crippen LogP contribution is -2.16. The van der Waals surface area contributed by atoms with Gasteiger partial charge in [0.15, 0.2) is 0 Å². The van der Waals surface area contributed by atoms with Gasteiger partial charge in [0.2, 0.25) is 0 Å². The van der Waals surface area contributed by atoms with Crippen LogP contribution in [-0.4, -0.2) is 15.7 Å². The molecule has 0 aliphatic carbocycles.